The van der Waals surface area contributed by atoms with Crippen molar-refractivity contribution in [3.8, 4) is 5.75 Å². The topological polar surface area (TPSA) is 75.6 Å². The Labute approximate surface area is 117 Å². The summed E-state index contributed by atoms with van der Waals surface area (Å²) in [5.41, 5.74) is 0.898. The standard InChI is InChI=1S/C15H19NO4/c17-14(8-11-3-1-4-11)16-9-12-5-2-6-13(7-12)20-10-15(18)19/h2,5-7,11H,1,3-4,8-10H2,(H,16,17)(H,18,19). The molecule has 1 fully saturated rings. The van der Waals surface area contributed by atoms with Crippen molar-refractivity contribution in [2.45, 2.75) is 32.2 Å². The number of benzene rings is 1. The van der Waals surface area contributed by atoms with E-state index in [-0.39, 0.29) is 12.5 Å². The van der Waals surface area contributed by atoms with Gasteiger partial charge in [0.25, 0.3) is 0 Å². The minimum Gasteiger partial charge on any atom is -0.482 e. The number of carbonyl (C=O) groups is 2. The molecule has 1 aliphatic carbocycles. The molecule has 2 rings (SSSR count). The lowest BCUT2D eigenvalue weighted by Gasteiger charge is -2.24. The van der Waals surface area contributed by atoms with E-state index in [9.17, 15) is 9.59 Å². The van der Waals surface area contributed by atoms with Crippen LogP contribution >= 0.6 is 0 Å². The molecular formula is C15H19NO4. The summed E-state index contributed by atoms with van der Waals surface area (Å²) in [7, 11) is 0. The summed E-state index contributed by atoms with van der Waals surface area (Å²) in [6.07, 6.45) is 4.16. The van der Waals surface area contributed by atoms with Crippen LogP contribution in [-0.4, -0.2) is 23.6 Å². The number of carboxylic acid groups (broad SMARTS) is 1. The predicted octanol–water partition coefficient (Wildman–Crippen LogP) is 1.96. The first-order valence-corrected chi connectivity index (χ1v) is 6.83. The smallest absolute Gasteiger partial charge is 0.341 e. The van der Waals surface area contributed by atoms with Gasteiger partial charge in [-0.25, -0.2) is 4.79 Å². The summed E-state index contributed by atoms with van der Waals surface area (Å²) in [5.74, 6) is 0.120. The van der Waals surface area contributed by atoms with Gasteiger partial charge in [-0.15, -0.1) is 0 Å². The van der Waals surface area contributed by atoms with Crippen molar-refractivity contribution < 1.29 is 19.4 Å². The van der Waals surface area contributed by atoms with Gasteiger partial charge in [0, 0.05) is 13.0 Å². The van der Waals surface area contributed by atoms with Crippen LogP contribution in [0, 0.1) is 5.92 Å². The van der Waals surface area contributed by atoms with Gasteiger partial charge in [0.15, 0.2) is 6.61 Å². The molecule has 1 amide bonds. The Kier molecular flexibility index (Phi) is 4.98. The van der Waals surface area contributed by atoms with Crippen molar-refractivity contribution in [2.75, 3.05) is 6.61 Å². The van der Waals surface area contributed by atoms with E-state index in [1.165, 1.54) is 6.42 Å². The summed E-state index contributed by atoms with van der Waals surface area (Å²) >= 11 is 0. The van der Waals surface area contributed by atoms with Crippen molar-refractivity contribution >= 4 is 11.9 Å². The van der Waals surface area contributed by atoms with Gasteiger partial charge in [-0.1, -0.05) is 18.6 Å². The van der Waals surface area contributed by atoms with Crippen LogP contribution in [-0.2, 0) is 16.1 Å². The minimum absolute atomic E-state index is 0.0755. The first kappa shape index (κ1) is 14.4. The van der Waals surface area contributed by atoms with E-state index in [0.29, 0.717) is 24.6 Å². The Morgan fingerprint density at radius 1 is 1.35 bits per heavy atom. The van der Waals surface area contributed by atoms with Gasteiger partial charge in [0.2, 0.25) is 5.91 Å². The summed E-state index contributed by atoms with van der Waals surface area (Å²) in [6, 6.07) is 7.09. The second-order valence-corrected chi connectivity index (χ2v) is 5.11. The van der Waals surface area contributed by atoms with E-state index in [1.807, 2.05) is 6.07 Å². The van der Waals surface area contributed by atoms with Crippen molar-refractivity contribution in [3.63, 3.8) is 0 Å². The molecule has 0 atom stereocenters. The highest BCUT2D eigenvalue weighted by atomic mass is 16.5. The number of carboxylic acids is 1. The maximum Gasteiger partial charge on any atom is 0.341 e. The number of nitrogens with one attached hydrogen (secondary N) is 1. The second-order valence-electron chi connectivity index (χ2n) is 5.11. The van der Waals surface area contributed by atoms with Gasteiger partial charge in [-0.2, -0.15) is 0 Å². The summed E-state index contributed by atoms with van der Waals surface area (Å²) in [4.78, 5) is 22.1. The van der Waals surface area contributed by atoms with E-state index in [1.54, 1.807) is 18.2 Å². The van der Waals surface area contributed by atoms with Crippen LogP contribution in [0.3, 0.4) is 0 Å². The van der Waals surface area contributed by atoms with Crippen LogP contribution < -0.4 is 10.1 Å². The van der Waals surface area contributed by atoms with Crippen LogP contribution in [0.2, 0.25) is 0 Å². The third-order valence-electron chi connectivity index (χ3n) is 3.45. The van der Waals surface area contributed by atoms with E-state index in [0.717, 1.165) is 18.4 Å². The fraction of sp³-hybridized carbons (Fsp3) is 0.467. The lowest BCUT2D eigenvalue weighted by Crippen LogP contribution is -2.27. The molecule has 0 saturated heterocycles. The fourth-order valence-electron chi connectivity index (χ4n) is 2.12. The number of aliphatic carboxylic acids is 1. The van der Waals surface area contributed by atoms with Gasteiger partial charge in [0.1, 0.15) is 5.75 Å². The predicted molar refractivity (Wildman–Crippen MR) is 73.4 cm³/mol. The quantitative estimate of drug-likeness (QED) is 0.798. The molecule has 0 heterocycles. The molecule has 0 unspecified atom stereocenters. The zero-order valence-corrected chi connectivity index (χ0v) is 11.3. The van der Waals surface area contributed by atoms with E-state index in [2.05, 4.69) is 5.32 Å². The first-order valence-electron chi connectivity index (χ1n) is 6.83. The molecule has 2 N–H and O–H groups in total. The van der Waals surface area contributed by atoms with Crippen LogP contribution in [0.25, 0.3) is 0 Å². The maximum absolute atomic E-state index is 11.7. The highest BCUT2D eigenvalue weighted by molar-refractivity contribution is 5.76. The van der Waals surface area contributed by atoms with E-state index < -0.39 is 5.97 Å². The van der Waals surface area contributed by atoms with Crippen molar-refractivity contribution in [1.82, 2.24) is 5.32 Å². The number of hydrogen-bond donors (Lipinski definition) is 2. The molecule has 108 valence electrons. The first-order chi connectivity index (χ1) is 9.63. The Hall–Kier alpha value is -2.04. The number of amides is 1. The zero-order chi connectivity index (χ0) is 14.4. The average Bonchev–Trinajstić information content (AvgIpc) is 2.39. The third-order valence-corrected chi connectivity index (χ3v) is 3.45. The molecule has 1 saturated carbocycles. The fourth-order valence-corrected chi connectivity index (χ4v) is 2.12. The monoisotopic (exact) mass is 277 g/mol. The summed E-state index contributed by atoms with van der Waals surface area (Å²) in [5, 5.41) is 11.4. The molecule has 1 aliphatic rings. The van der Waals surface area contributed by atoms with Crippen molar-refractivity contribution in [2.24, 2.45) is 5.92 Å². The Morgan fingerprint density at radius 3 is 2.80 bits per heavy atom. The molecule has 0 aromatic heterocycles. The van der Waals surface area contributed by atoms with E-state index >= 15 is 0 Å². The molecule has 0 radical (unpaired) electrons. The van der Waals surface area contributed by atoms with Gasteiger partial charge in [0.05, 0.1) is 0 Å². The Morgan fingerprint density at radius 2 is 2.15 bits per heavy atom. The van der Waals surface area contributed by atoms with Crippen molar-refractivity contribution in [1.29, 1.82) is 0 Å². The average molecular weight is 277 g/mol. The molecule has 1 aromatic carbocycles. The number of rotatable bonds is 7. The van der Waals surface area contributed by atoms with Crippen LogP contribution in [0.15, 0.2) is 24.3 Å². The van der Waals surface area contributed by atoms with Crippen molar-refractivity contribution in [3.05, 3.63) is 29.8 Å². The molecule has 5 heteroatoms. The Balaban J connectivity index is 1.78. The SMILES string of the molecule is O=C(O)COc1cccc(CNC(=O)CC2CCC2)c1. The molecule has 1 aromatic rings. The molecule has 0 spiro atoms. The maximum atomic E-state index is 11.7. The highest BCUT2D eigenvalue weighted by Gasteiger charge is 2.20. The summed E-state index contributed by atoms with van der Waals surface area (Å²) < 4.78 is 5.09. The number of carbonyl (C=O) groups excluding carboxylic acids is 1. The van der Waals surface area contributed by atoms with Crippen LogP contribution in [0.5, 0.6) is 5.75 Å². The van der Waals surface area contributed by atoms with Gasteiger partial charge >= 0.3 is 5.97 Å². The van der Waals surface area contributed by atoms with Crippen LogP contribution in [0.1, 0.15) is 31.2 Å². The molecule has 0 aliphatic heterocycles. The second kappa shape index (κ2) is 6.93. The molecule has 20 heavy (non-hydrogen) atoms. The molecular weight excluding hydrogens is 258 g/mol. The van der Waals surface area contributed by atoms with Gasteiger partial charge < -0.3 is 15.2 Å². The van der Waals surface area contributed by atoms with Gasteiger partial charge in [-0.3, -0.25) is 4.79 Å². The number of ether oxygens (including phenoxy) is 1. The largest absolute Gasteiger partial charge is 0.482 e. The normalized spacial score (nSPS) is 14.4. The highest BCUT2D eigenvalue weighted by Crippen LogP contribution is 2.29. The van der Waals surface area contributed by atoms with Gasteiger partial charge in [-0.05, 0) is 36.5 Å². The minimum atomic E-state index is -1.01. The van der Waals surface area contributed by atoms with E-state index in [4.69, 9.17) is 9.84 Å². The lowest BCUT2D eigenvalue weighted by molar-refractivity contribution is -0.139. The molecule has 0 bridgehead atoms. The number of hydrogen-bond acceptors (Lipinski definition) is 3. The Bertz CT molecular complexity index is 483. The van der Waals surface area contributed by atoms with Crippen LogP contribution in [0.4, 0.5) is 0 Å². The lowest BCUT2D eigenvalue weighted by atomic mass is 9.83. The summed E-state index contributed by atoms with van der Waals surface area (Å²) in [6.45, 7) is 0.0767. The molecule has 5 nitrogen and oxygen atoms in total. The zero-order valence-electron chi connectivity index (χ0n) is 11.3. The third kappa shape index (κ3) is 4.57.